The van der Waals surface area contributed by atoms with Gasteiger partial charge in [0.15, 0.2) is 0 Å². The quantitative estimate of drug-likeness (QED) is 0.882. The van der Waals surface area contributed by atoms with Gasteiger partial charge in [-0.3, -0.25) is 4.79 Å². The van der Waals surface area contributed by atoms with Gasteiger partial charge in [-0.05, 0) is 38.3 Å². The minimum Gasteiger partial charge on any atom is -0.348 e. The second-order valence-electron chi connectivity index (χ2n) is 6.59. The van der Waals surface area contributed by atoms with Crippen LogP contribution >= 0.6 is 11.6 Å². The van der Waals surface area contributed by atoms with Crippen molar-refractivity contribution in [3.05, 3.63) is 23.0 Å². The normalized spacial score (nSPS) is 25.0. The lowest BCUT2D eigenvalue weighted by Crippen LogP contribution is -2.57. The fraction of sp³-hybridized carbons (Fsp3) is 0.688. The Balaban J connectivity index is 1.64. The number of halogens is 1. The lowest BCUT2D eigenvalue weighted by molar-refractivity contribution is 0.0884. The van der Waals surface area contributed by atoms with Crippen LogP contribution in [0.5, 0.6) is 0 Å². The average Bonchev–Trinajstić information content (AvgIpc) is 2.79. The van der Waals surface area contributed by atoms with Crippen molar-refractivity contribution in [2.24, 2.45) is 7.05 Å². The number of nitrogens with one attached hydrogen (secondary N) is 2. The summed E-state index contributed by atoms with van der Waals surface area (Å²) in [6, 6.07) is 2.00. The Morgan fingerprint density at radius 2 is 2.19 bits per heavy atom. The number of aromatic nitrogens is 1. The van der Waals surface area contributed by atoms with E-state index in [2.05, 4.69) is 10.6 Å². The van der Waals surface area contributed by atoms with Crippen LogP contribution in [0.4, 0.5) is 0 Å². The number of rotatable bonds is 2. The highest BCUT2D eigenvalue weighted by atomic mass is 35.5. The van der Waals surface area contributed by atoms with Gasteiger partial charge in [-0.2, -0.15) is 0 Å². The molecule has 2 fully saturated rings. The highest BCUT2D eigenvalue weighted by Crippen LogP contribution is 2.34. The van der Waals surface area contributed by atoms with Crippen LogP contribution in [0.1, 0.15) is 55.4 Å². The third-order valence-electron chi connectivity index (χ3n) is 4.98. The molecule has 1 spiro atoms. The number of piperidine rings is 1. The van der Waals surface area contributed by atoms with E-state index in [0.29, 0.717) is 10.7 Å². The molecule has 2 aliphatic rings. The molecular formula is C16H24ClN3O. The Hall–Kier alpha value is -1.00. The number of hydrogen-bond acceptors (Lipinski definition) is 2. The van der Waals surface area contributed by atoms with E-state index in [-0.39, 0.29) is 17.5 Å². The summed E-state index contributed by atoms with van der Waals surface area (Å²) in [5, 5.41) is 7.53. The predicted octanol–water partition coefficient (Wildman–Crippen LogP) is 2.86. The van der Waals surface area contributed by atoms with Gasteiger partial charge in [0.2, 0.25) is 0 Å². The maximum absolute atomic E-state index is 12.4. The molecule has 1 aromatic rings. The van der Waals surface area contributed by atoms with Crippen LogP contribution in [0, 0.1) is 0 Å². The SMILES string of the molecule is Cn1cc(Cl)cc1C(=O)NC1CCNC2(CCCCC2)C1. The van der Waals surface area contributed by atoms with Crippen LogP contribution < -0.4 is 10.6 Å². The van der Waals surface area contributed by atoms with Crippen molar-refractivity contribution in [2.75, 3.05) is 6.54 Å². The molecule has 2 heterocycles. The minimum absolute atomic E-state index is 0.0118. The van der Waals surface area contributed by atoms with E-state index < -0.39 is 0 Å². The average molecular weight is 310 g/mol. The molecule has 116 valence electrons. The fourth-order valence-corrected chi connectivity index (χ4v) is 4.15. The topological polar surface area (TPSA) is 46.1 Å². The van der Waals surface area contributed by atoms with E-state index in [0.717, 1.165) is 19.4 Å². The Bertz CT molecular complexity index is 514. The highest BCUT2D eigenvalue weighted by molar-refractivity contribution is 6.31. The van der Waals surface area contributed by atoms with E-state index in [1.165, 1.54) is 32.1 Å². The third-order valence-corrected chi connectivity index (χ3v) is 5.19. The van der Waals surface area contributed by atoms with Gasteiger partial charge in [-0.25, -0.2) is 0 Å². The summed E-state index contributed by atoms with van der Waals surface area (Å²) in [5.41, 5.74) is 0.900. The monoisotopic (exact) mass is 309 g/mol. The maximum atomic E-state index is 12.4. The van der Waals surface area contributed by atoms with E-state index in [4.69, 9.17) is 11.6 Å². The number of carbonyl (C=O) groups excluding carboxylic acids is 1. The van der Waals surface area contributed by atoms with Gasteiger partial charge >= 0.3 is 0 Å². The maximum Gasteiger partial charge on any atom is 0.268 e. The zero-order chi connectivity index (χ0) is 14.9. The molecule has 0 radical (unpaired) electrons. The summed E-state index contributed by atoms with van der Waals surface area (Å²) in [7, 11) is 1.85. The van der Waals surface area contributed by atoms with Gasteiger partial charge in [-0.15, -0.1) is 0 Å². The molecule has 2 N–H and O–H groups in total. The number of hydrogen-bond donors (Lipinski definition) is 2. The van der Waals surface area contributed by atoms with Crippen molar-refractivity contribution in [1.29, 1.82) is 0 Å². The summed E-state index contributed by atoms with van der Waals surface area (Å²) in [6.45, 7) is 0.999. The molecule has 1 aliphatic carbocycles. The first-order valence-corrected chi connectivity index (χ1v) is 8.34. The van der Waals surface area contributed by atoms with Crippen molar-refractivity contribution >= 4 is 17.5 Å². The molecule has 21 heavy (non-hydrogen) atoms. The van der Waals surface area contributed by atoms with Gasteiger partial charge in [-0.1, -0.05) is 30.9 Å². The molecule has 1 saturated carbocycles. The van der Waals surface area contributed by atoms with Crippen molar-refractivity contribution in [1.82, 2.24) is 15.2 Å². The number of aryl methyl sites for hydroxylation is 1. The van der Waals surface area contributed by atoms with E-state index in [1.54, 1.807) is 16.8 Å². The van der Waals surface area contributed by atoms with Crippen LogP contribution in [0.25, 0.3) is 0 Å². The zero-order valence-corrected chi connectivity index (χ0v) is 13.4. The second kappa shape index (κ2) is 6.01. The molecule has 1 amide bonds. The second-order valence-corrected chi connectivity index (χ2v) is 7.02. The molecule has 1 saturated heterocycles. The molecule has 1 unspecified atom stereocenters. The molecule has 1 atom stereocenters. The molecular weight excluding hydrogens is 286 g/mol. The summed E-state index contributed by atoms with van der Waals surface area (Å²) < 4.78 is 1.79. The summed E-state index contributed by atoms with van der Waals surface area (Å²) in [5.74, 6) is -0.0118. The smallest absolute Gasteiger partial charge is 0.268 e. The molecule has 1 aliphatic heterocycles. The first kappa shape index (κ1) is 14.9. The molecule has 1 aromatic heterocycles. The van der Waals surface area contributed by atoms with Crippen molar-refractivity contribution in [3.63, 3.8) is 0 Å². The van der Waals surface area contributed by atoms with Gasteiger partial charge in [0.05, 0.1) is 5.02 Å². The number of carbonyl (C=O) groups is 1. The summed E-state index contributed by atoms with van der Waals surface area (Å²) >= 11 is 5.96. The summed E-state index contributed by atoms with van der Waals surface area (Å²) in [6.07, 6.45) is 10.3. The van der Waals surface area contributed by atoms with E-state index in [9.17, 15) is 4.79 Å². The first-order chi connectivity index (χ1) is 10.1. The standard InChI is InChI=1S/C16H24ClN3O/c1-20-11-12(17)9-14(20)15(21)19-13-5-8-18-16(10-13)6-3-2-4-7-16/h9,11,13,18H,2-8,10H2,1H3,(H,19,21). The Morgan fingerprint density at radius 1 is 1.43 bits per heavy atom. The summed E-state index contributed by atoms with van der Waals surface area (Å²) in [4.78, 5) is 12.4. The first-order valence-electron chi connectivity index (χ1n) is 7.96. The van der Waals surface area contributed by atoms with Crippen molar-refractivity contribution in [3.8, 4) is 0 Å². The Morgan fingerprint density at radius 3 is 2.86 bits per heavy atom. The van der Waals surface area contributed by atoms with Gasteiger partial charge in [0.25, 0.3) is 5.91 Å². The van der Waals surface area contributed by atoms with Crippen LogP contribution in [0.3, 0.4) is 0 Å². The van der Waals surface area contributed by atoms with Crippen molar-refractivity contribution < 1.29 is 4.79 Å². The van der Waals surface area contributed by atoms with Crippen LogP contribution in [0.2, 0.25) is 5.02 Å². The van der Waals surface area contributed by atoms with E-state index in [1.807, 2.05) is 7.05 Å². The zero-order valence-electron chi connectivity index (χ0n) is 12.6. The molecule has 0 bridgehead atoms. The van der Waals surface area contributed by atoms with Crippen molar-refractivity contribution in [2.45, 2.75) is 56.5 Å². The molecule has 4 nitrogen and oxygen atoms in total. The number of amides is 1. The largest absolute Gasteiger partial charge is 0.348 e. The van der Waals surface area contributed by atoms with Gasteiger partial charge in [0, 0.05) is 24.8 Å². The van der Waals surface area contributed by atoms with Crippen LogP contribution in [-0.2, 0) is 7.05 Å². The molecule has 5 heteroatoms. The Labute approximate surface area is 131 Å². The van der Waals surface area contributed by atoms with Gasteiger partial charge < -0.3 is 15.2 Å². The van der Waals surface area contributed by atoms with Crippen LogP contribution in [0.15, 0.2) is 12.3 Å². The third kappa shape index (κ3) is 3.27. The lowest BCUT2D eigenvalue weighted by atomic mass is 9.75. The fourth-order valence-electron chi connectivity index (χ4n) is 3.90. The minimum atomic E-state index is -0.0118. The molecule has 0 aromatic carbocycles. The predicted molar refractivity (Wildman–Crippen MR) is 84.7 cm³/mol. The Kier molecular flexibility index (Phi) is 4.27. The van der Waals surface area contributed by atoms with Gasteiger partial charge in [0.1, 0.15) is 5.69 Å². The highest BCUT2D eigenvalue weighted by Gasteiger charge is 2.37. The number of nitrogens with zero attached hydrogens (tertiary/aromatic N) is 1. The molecule has 3 rings (SSSR count). The lowest BCUT2D eigenvalue weighted by Gasteiger charge is -2.44. The van der Waals surface area contributed by atoms with Crippen LogP contribution in [-0.4, -0.2) is 28.6 Å². The van der Waals surface area contributed by atoms with E-state index >= 15 is 0 Å².